The number of rotatable bonds is 5. The van der Waals surface area contributed by atoms with Crippen molar-refractivity contribution >= 4 is 12.0 Å². The van der Waals surface area contributed by atoms with E-state index in [-0.39, 0.29) is 6.03 Å². The van der Waals surface area contributed by atoms with Gasteiger partial charge in [0.15, 0.2) is 0 Å². The third-order valence-electron chi connectivity index (χ3n) is 4.18. The maximum atomic E-state index is 11.9. The highest BCUT2D eigenvalue weighted by atomic mass is 16.5. The lowest BCUT2D eigenvalue weighted by Gasteiger charge is -2.34. The number of nitrogens with one attached hydrogen (secondary N) is 1. The molecule has 0 unspecified atom stereocenters. The van der Waals surface area contributed by atoms with Crippen LogP contribution >= 0.6 is 0 Å². The van der Waals surface area contributed by atoms with Crippen molar-refractivity contribution in [3.05, 3.63) is 29.8 Å². The highest BCUT2D eigenvalue weighted by Gasteiger charge is 2.24. The number of methoxy groups -OCH3 is 1. The molecule has 1 aliphatic rings. The molecule has 2 heterocycles. The number of hydrogen-bond donors (Lipinski definition) is 1. The second-order valence-electron chi connectivity index (χ2n) is 5.79. The third-order valence-corrected chi connectivity index (χ3v) is 4.18. The molecule has 1 aromatic carbocycles. The smallest absolute Gasteiger partial charge is 0.317 e. The fourth-order valence-electron chi connectivity index (χ4n) is 2.81. The zero-order valence-corrected chi connectivity index (χ0v) is 14.6. The Morgan fingerprint density at radius 3 is 2.56 bits per heavy atom. The van der Waals surface area contributed by atoms with E-state index in [4.69, 9.17) is 4.74 Å². The van der Waals surface area contributed by atoms with Crippen molar-refractivity contribution in [2.24, 2.45) is 0 Å². The minimum atomic E-state index is -0.0139. The van der Waals surface area contributed by atoms with Crippen LogP contribution in [0.15, 0.2) is 24.3 Å². The number of benzene rings is 1. The normalized spacial score (nSPS) is 14.5. The molecule has 0 aliphatic carbocycles. The zero-order chi connectivity index (χ0) is 17.6. The van der Waals surface area contributed by atoms with Gasteiger partial charge in [-0.1, -0.05) is 17.2 Å². The van der Waals surface area contributed by atoms with Crippen LogP contribution in [0.25, 0.3) is 0 Å². The summed E-state index contributed by atoms with van der Waals surface area (Å²) in [6, 6.07) is 7.82. The first-order chi connectivity index (χ1) is 12.2. The third kappa shape index (κ3) is 3.98. The van der Waals surface area contributed by atoms with Gasteiger partial charge in [0.2, 0.25) is 5.95 Å². The number of carbonyl (C=O) groups is 1. The van der Waals surface area contributed by atoms with Gasteiger partial charge in [-0.15, -0.1) is 0 Å². The molecule has 1 saturated heterocycles. The Kier molecular flexibility index (Phi) is 5.32. The minimum Gasteiger partial charge on any atom is -0.497 e. The number of piperazine rings is 1. The Morgan fingerprint density at radius 1 is 1.20 bits per heavy atom. The van der Waals surface area contributed by atoms with Crippen molar-refractivity contribution in [2.45, 2.75) is 13.5 Å². The van der Waals surface area contributed by atoms with Crippen molar-refractivity contribution in [3.8, 4) is 5.75 Å². The topological polar surface area (TPSA) is 88.4 Å². The van der Waals surface area contributed by atoms with E-state index in [1.807, 2.05) is 36.1 Å². The minimum absolute atomic E-state index is 0.0139. The van der Waals surface area contributed by atoms with Crippen LogP contribution in [0.1, 0.15) is 12.5 Å². The van der Waals surface area contributed by atoms with Gasteiger partial charge >= 0.3 is 6.03 Å². The Morgan fingerprint density at radius 2 is 1.92 bits per heavy atom. The van der Waals surface area contributed by atoms with Gasteiger partial charge in [0.1, 0.15) is 5.75 Å². The molecule has 1 fully saturated rings. The summed E-state index contributed by atoms with van der Waals surface area (Å²) in [5.74, 6) is 1.55. The fourth-order valence-corrected chi connectivity index (χ4v) is 2.81. The van der Waals surface area contributed by atoms with Gasteiger partial charge in [-0.05, 0) is 35.0 Å². The van der Waals surface area contributed by atoms with Gasteiger partial charge in [0, 0.05) is 32.7 Å². The summed E-state index contributed by atoms with van der Waals surface area (Å²) in [6.07, 6.45) is 0. The number of anilines is 1. The van der Waals surface area contributed by atoms with E-state index < -0.39 is 0 Å². The summed E-state index contributed by atoms with van der Waals surface area (Å²) in [5.41, 5.74) is 1.09. The van der Waals surface area contributed by atoms with Gasteiger partial charge in [0.25, 0.3) is 0 Å². The molecule has 3 rings (SSSR count). The second kappa shape index (κ2) is 7.82. The summed E-state index contributed by atoms with van der Waals surface area (Å²) in [6.45, 7) is 5.87. The average molecular weight is 345 g/mol. The molecule has 25 heavy (non-hydrogen) atoms. The Hall–Kier alpha value is -2.84. The lowest BCUT2D eigenvalue weighted by atomic mass is 10.2. The van der Waals surface area contributed by atoms with E-state index in [9.17, 15) is 4.79 Å². The highest BCUT2D eigenvalue weighted by Crippen LogP contribution is 2.16. The van der Waals surface area contributed by atoms with Gasteiger partial charge in [0.05, 0.1) is 13.7 Å². The highest BCUT2D eigenvalue weighted by molar-refractivity contribution is 5.74. The van der Waals surface area contributed by atoms with Crippen molar-refractivity contribution in [1.29, 1.82) is 0 Å². The molecule has 0 atom stereocenters. The fraction of sp³-hybridized carbons (Fsp3) is 0.500. The molecule has 0 saturated carbocycles. The summed E-state index contributed by atoms with van der Waals surface area (Å²) in [4.78, 5) is 15.8. The molecule has 134 valence electrons. The molecule has 0 bridgehead atoms. The van der Waals surface area contributed by atoms with Crippen LogP contribution in [0, 0.1) is 0 Å². The number of carbonyl (C=O) groups excluding carboxylic acids is 1. The molecule has 1 aromatic heterocycles. The zero-order valence-electron chi connectivity index (χ0n) is 14.6. The Labute approximate surface area is 146 Å². The van der Waals surface area contributed by atoms with Gasteiger partial charge in [-0.3, -0.25) is 0 Å². The molecule has 1 aliphatic heterocycles. The van der Waals surface area contributed by atoms with Crippen LogP contribution in [0.5, 0.6) is 5.75 Å². The monoisotopic (exact) mass is 345 g/mol. The second-order valence-corrected chi connectivity index (χ2v) is 5.79. The predicted octanol–water partition coefficient (Wildman–Crippen LogP) is 0.582. The average Bonchev–Trinajstić information content (AvgIpc) is 3.11. The number of amides is 2. The van der Waals surface area contributed by atoms with Crippen molar-refractivity contribution in [3.63, 3.8) is 0 Å². The maximum absolute atomic E-state index is 11.9. The van der Waals surface area contributed by atoms with Gasteiger partial charge in [-0.25, -0.2) is 9.48 Å². The largest absolute Gasteiger partial charge is 0.497 e. The molecule has 9 nitrogen and oxygen atoms in total. The maximum Gasteiger partial charge on any atom is 0.317 e. The van der Waals surface area contributed by atoms with Crippen molar-refractivity contribution in [2.75, 3.05) is 44.7 Å². The molecule has 0 spiro atoms. The first-order valence-electron chi connectivity index (χ1n) is 8.38. The summed E-state index contributed by atoms with van der Waals surface area (Å²) < 4.78 is 6.96. The van der Waals surface area contributed by atoms with Crippen molar-refractivity contribution < 1.29 is 9.53 Å². The number of nitrogens with zero attached hydrogens (tertiary/aromatic N) is 6. The van der Waals surface area contributed by atoms with Crippen LogP contribution in [-0.2, 0) is 6.54 Å². The van der Waals surface area contributed by atoms with E-state index >= 15 is 0 Å². The Bertz CT molecular complexity index is 693. The lowest BCUT2D eigenvalue weighted by Crippen LogP contribution is -2.52. The Balaban J connectivity index is 1.63. The number of tetrazole rings is 1. The molecular formula is C16H23N7O2. The van der Waals surface area contributed by atoms with E-state index in [2.05, 4.69) is 25.7 Å². The first-order valence-corrected chi connectivity index (χ1v) is 8.38. The van der Waals surface area contributed by atoms with E-state index in [1.165, 1.54) is 0 Å². The molecule has 2 aromatic rings. The number of hydrogen-bond acceptors (Lipinski definition) is 6. The number of aromatic nitrogens is 4. The van der Waals surface area contributed by atoms with Gasteiger partial charge in [-0.2, -0.15) is 0 Å². The summed E-state index contributed by atoms with van der Waals surface area (Å²) >= 11 is 0. The first kappa shape index (κ1) is 17.0. The van der Waals surface area contributed by atoms with Crippen LogP contribution in [0.2, 0.25) is 0 Å². The predicted molar refractivity (Wildman–Crippen MR) is 92.8 cm³/mol. The summed E-state index contributed by atoms with van der Waals surface area (Å²) in [5, 5.41) is 14.9. The van der Waals surface area contributed by atoms with Crippen LogP contribution in [-0.4, -0.2) is 71.0 Å². The molecule has 0 radical (unpaired) electrons. The van der Waals surface area contributed by atoms with E-state index in [0.29, 0.717) is 39.3 Å². The molecule has 2 amide bonds. The van der Waals surface area contributed by atoms with E-state index in [1.54, 1.807) is 11.8 Å². The SMILES string of the molecule is CCNC(=O)N1CCN(c2nnnn2Cc2ccc(OC)cc2)CC1. The van der Waals surface area contributed by atoms with Crippen LogP contribution in [0.3, 0.4) is 0 Å². The molecule has 9 heteroatoms. The van der Waals surface area contributed by atoms with Crippen LogP contribution in [0.4, 0.5) is 10.7 Å². The molecular weight excluding hydrogens is 322 g/mol. The summed E-state index contributed by atoms with van der Waals surface area (Å²) in [7, 11) is 1.65. The number of ether oxygens (including phenoxy) is 1. The number of urea groups is 1. The van der Waals surface area contributed by atoms with Crippen LogP contribution < -0.4 is 15.0 Å². The van der Waals surface area contributed by atoms with E-state index in [0.717, 1.165) is 17.3 Å². The van der Waals surface area contributed by atoms with Crippen molar-refractivity contribution in [1.82, 2.24) is 30.4 Å². The molecule has 1 N–H and O–H groups in total. The lowest BCUT2D eigenvalue weighted by molar-refractivity contribution is 0.194. The van der Waals surface area contributed by atoms with Gasteiger partial charge < -0.3 is 19.9 Å². The quantitative estimate of drug-likeness (QED) is 0.853. The standard InChI is InChI=1S/C16H23N7O2/c1-3-17-16(24)22-10-8-21(9-11-22)15-18-19-20-23(15)12-13-4-6-14(25-2)7-5-13/h4-7H,3,8-12H2,1-2H3,(H,17,24).